The van der Waals surface area contributed by atoms with E-state index in [1.54, 1.807) is 140 Å². The first kappa shape index (κ1) is 92.0. The molecule has 45 heteroatoms. The van der Waals surface area contributed by atoms with Gasteiger partial charge in [-0.1, -0.05) is 30.3 Å². The van der Waals surface area contributed by atoms with Gasteiger partial charge in [0.1, 0.15) is 62.6 Å². The van der Waals surface area contributed by atoms with Crippen LogP contribution in [0, 0.1) is 6.92 Å². The molecule has 8 aromatic heterocycles. The van der Waals surface area contributed by atoms with Crippen LogP contribution in [0.3, 0.4) is 0 Å². The number of ether oxygens (including phenoxy) is 5. The molecule has 10 N–H and O–H groups in total. The molecular formula is C96H87N21O24. The van der Waals surface area contributed by atoms with Crippen LogP contribution in [0.15, 0.2) is 176 Å². The van der Waals surface area contributed by atoms with Gasteiger partial charge in [0, 0.05) is 134 Å². The molecule has 5 saturated heterocycles. The molecule has 20 amide bonds. The molecule has 0 aliphatic carbocycles. The first-order valence-corrected chi connectivity index (χ1v) is 44.0. The molecule has 0 radical (unpaired) electrons. The Morgan fingerprint density at radius 3 is 1.43 bits per heavy atom. The maximum absolute atomic E-state index is 13.3. The smallest absolute Gasteiger partial charge is 0.322 e. The number of aromatic nitrogens is 6. The average molecular weight is 1920 g/mol. The van der Waals surface area contributed by atoms with E-state index in [0.29, 0.717) is 127 Å². The quantitative estimate of drug-likeness (QED) is 0.0258. The molecular weight excluding hydrogens is 1830 g/mol. The molecule has 17 heterocycles. The van der Waals surface area contributed by atoms with Crippen LogP contribution in [0.4, 0.5) is 24.0 Å². The van der Waals surface area contributed by atoms with Gasteiger partial charge in [-0.25, -0.2) is 43.9 Å². The Morgan fingerprint density at radius 2 is 0.972 bits per heavy atom. The van der Waals surface area contributed by atoms with Gasteiger partial charge >= 0.3 is 30.2 Å². The Labute approximate surface area is 796 Å². The number of methoxy groups -OCH3 is 4. The number of hydrogen-bond acceptors (Lipinski definition) is 29. The molecule has 13 aromatic rings. The monoisotopic (exact) mass is 1920 g/mol. The Morgan fingerprint density at radius 1 is 0.504 bits per heavy atom. The van der Waals surface area contributed by atoms with Crippen LogP contribution in [0.1, 0.15) is 131 Å². The van der Waals surface area contributed by atoms with Crippen molar-refractivity contribution in [3.05, 3.63) is 243 Å². The number of hydrogen-bond donors (Lipinski definition) is 10. The number of imide groups is 5. The molecule has 45 nitrogen and oxygen atoms in total. The van der Waals surface area contributed by atoms with Gasteiger partial charge in [-0.05, 0) is 158 Å². The van der Waals surface area contributed by atoms with E-state index >= 15 is 0 Å². The SMILES string of the molecule is COc1ccc2c(c1)C(=O)N(C[C@@]1(c3cc4cc(-c5c(OC(C)C)noc5C)cnc4o3)NC(=O)NC1=O)C2.COc1ccc2c(c1)C(=O)N(C[C@@]1(c3cc4cc(C5(C)NC(=O)NC5=O)cnc4o3)NC(=O)NC1=O)C2.COc1ccc2c(c1)C(=O)N(C[C@@]1(c3cc4cc(CNC(=O)N(C)C)ccc4o3)CC(=O)NC1=O)C2.COc1ccc2c(c1)C(=O)N(C[C@@]1(c3cn4cccnc4n3)NC(=O)NC1=O)C2. The highest BCUT2D eigenvalue weighted by atomic mass is 16.5. The number of furan rings is 3. The normalized spacial score (nSPS) is 20.7. The fourth-order valence-corrected chi connectivity index (χ4v) is 18.4. The standard InChI is InChI=1S/C27H25N5O7.C26H26N4O6.C24H20N6O7.C19H16N6O4/c1-13(2)37-23-21(14(3)39-31-23)17-7-16-8-20(38-22(16)28-10-17)27(25(34)29-26(35)30-27)12-32-11-15-5-6-18(36-4)9-19(15)24(32)33;1-29(2)25(34)27-12-15-4-7-20-17(8-15)9-21(36-20)26(11-22(31)28-24(26)33)14-30-13-16-5-6-18(35-3)10-19(16)23(30)32;1-23(19(32)26-21(34)28-23)13-5-12-6-16(37-17(12)25-8-13)24(20(33)27-22(35)29-24)10-30-9-11-3-4-14(36-2)7-15(11)18(30)31;1-29-12-4-3-11-8-25(15(26)13(11)7-12)10-19(16(27)22-18(28)23-19)14-9-24-6-2-5-20-17(24)21-14/h5-10,13H,11-12H2,1-4H3,(H2,29,30,34,35);4-10H,11-14H2,1-3H3,(H,27,34)(H,28,31,33);3-8H,9-10H2,1-2H3,(H2,26,28,32,34)(H2,27,29,33,35);2-7,9H,8,10H2,1H3,(H2,22,23,27,28)/t27-;26-;23?,24-;19-/m0100/s1. The lowest BCUT2D eigenvalue weighted by atomic mass is 9.82. The number of nitrogens with zero attached hydrogens (tertiary/aromatic N) is 11. The molecule has 720 valence electrons. The maximum Gasteiger partial charge on any atom is 0.322 e. The van der Waals surface area contributed by atoms with Gasteiger partial charge in [0.2, 0.25) is 29.0 Å². The highest BCUT2D eigenvalue weighted by Crippen LogP contribution is 2.44. The van der Waals surface area contributed by atoms with Crippen molar-refractivity contribution < 1.29 is 113 Å². The number of nitrogens with one attached hydrogen (secondary N) is 10. The summed E-state index contributed by atoms with van der Waals surface area (Å²) >= 11 is 0. The predicted molar refractivity (Wildman–Crippen MR) is 489 cm³/mol. The lowest BCUT2D eigenvalue weighted by molar-refractivity contribution is -0.127. The van der Waals surface area contributed by atoms with Gasteiger partial charge in [-0.2, -0.15) is 0 Å². The van der Waals surface area contributed by atoms with E-state index in [0.717, 1.165) is 33.2 Å². The summed E-state index contributed by atoms with van der Waals surface area (Å²) in [7, 11) is 9.41. The number of fused-ring (bicyclic) bond motifs is 8. The molecule has 1 unspecified atom stereocenters. The molecule has 9 aliphatic rings. The molecule has 0 bridgehead atoms. The van der Waals surface area contributed by atoms with Crippen LogP contribution in [-0.4, -0.2) is 218 Å². The lowest BCUT2D eigenvalue weighted by Crippen LogP contribution is -2.53. The van der Waals surface area contributed by atoms with Gasteiger partial charge in [-0.3, -0.25) is 78.9 Å². The number of amides is 20. The summed E-state index contributed by atoms with van der Waals surface area (Å²) in [5.41, 5.74) is 1.40. The second-order valence-electron chi connectivity index (χ2n) is 35.4. The summed E-state index contributed by atoms with van der Waals surface area (Å²) in [5, 5.41) is 30.4. The van der Waals surface area contributed by atoms with E-state index in [2.05, 4.69) is 78.3 Å². The van der Waals surface area contributed by atoms with Gasteiger partial charge < -0.3 is 92.5 Å². The molecule has 0 spiro atoms. The van der Waals surface area contributed by atoms with Gasteiger partial charge in [0.05, 0.1) is 71.9 Å². The number of carbonyl (C=O) groups excluding carboxylic acids is 15. The van der Waals surface area contributed by atoms with Crippen molar-refractivity contribution in [2.45, 2.75) is 101 Å². The third-order valence-corrected chi connectivity index (χ3v) is 25.8. The number of imidazole rings is 1. The summed E-state index contributed by atoms with van der Waals surface area (Å²) in [6, 6.07) is 33.6. The van der Waals surface area contributed by atoms with E-state index in [9.17, 15) is 71.9 Å². The minimum Gasteiger partial charge on any atom is -0.497 e. The summed E-state index contributed by atoms with van der Waals surface area (Å²) < 4.78 is 51.7. The zero-order valence-electron chi connectivity index (χ0n) is 76.9. The fourth-order valence-electron chi connectivity index (χ4n) is 18.4. The van der Waals surface area contributed by atoms with Crippen LogP contribution in [0.2, 0.25) is 0 Å². The first-order valence-electron chi connectivity index (χ1n) is 44.0. The minimum absolute atomic E-state index is 0.00796. The number of aryl methyl sites for hydroxylation is 1. The highest BCUT2D eigenvalue weighted by Gasteiger charge is 2.58. The van der Waals surface area contributed by atoms with E-state index in [-0.39, 0.29) is 104 Å². The van der Waals surface area contributed by atoms with E-state index in [1.807, 2.05) is 50.2 Å². The number of rotatable bonds is 22. The lowest BCUT2D eigenvalue weighted by Gasteiger charge is -2.29. The minimum atomic E-state index is -1.72. The van der Waals surface area contributed by atoms with Crippen molar-refractivity contribution in [3.63, 3.8) is 0 Å². The molecule has 5 fully saturated rings. The Bertz CT molecular complexity index is 7530. The summed E-state index contributed by atoms with van der Waals surface area (Å²) in [6.07, 6.45) is 7.69. The number of urea groups is 5. The molecule has 141 heavy (non-hydrogen) atoms. The van der Waals surface area contributed by atoms with Crippen molar-refractivity contribution in [2.24, 2.45) is 0 Å². The first-order chi connectivity index (χ1) is 67.5. The Hall–Kier alpha value is -18.1. The van der Waals surface area contributed by atoms with Crippen molar-refractivity contribution >= 4 is 128 Å². The summed E-state index contributed by atoms with van der Waals surface area (Å²) in [6.45, 7) is 8.09. The number of carbonyl (C=O) groups is 15. The third kappa shape index (κ3) is 16.4. The molecule has 0 saturated carbocycles. The molecule has 5 atom stereocenters. The molecule has 5 aromatic carbocycles. The fraction of sp³-hybridized carbons (Fsp3) is 0.271. The summed E-state index contributed by atoms with van der Waals surface area (Å²) in [4.78, 5) is 215. The zero-order chi connectivity index (χ0) is 99.4. The average Bonchev–Trinajstić information content (AvgIpc) is 1.60. The van der Waals surface area contributed by atoms with Crippen LogP contribution in [0.5, 0.6) is 28.9 Å². The van der Waals surface area contributed by atoms with Crippen molar-refractivity contribution in [2.75, 3.05) is 68.7 Å². The van der Waals surface area contributed by atoms with E-state index in [4.69, 9.17) is 41.5 Å². The zero-order valence-corrected chi connectivity index (χ0v) is 76.9. The second-order valence-corrected chi connectivity index (χ2v) is 35.4. The Balaban J connectivity index is 0.000000120. The highest BCUT2D eigenvalue weighted by molar-refractivity contribution is 6.13. The Kier molecular flexibility index (Phi) is 23.0. The van der Waals surface area contributed by atoms with E-state index < -0.39 is 87.1 Å². The van der Waals surface area contributed by atoms with Crippen LogP contribution in [-0.2, 0) is 89.1 Å². The van der Waals surface area contributed by atoms with Gasteiger partial charge in [-0.15, -0.1) is 0 Å². The largest absolute Gasteiger partial charge is 0.497 e. The van der Waals surface area contributed by atoms with E-state index in [1.165, 1.54) is 67.2 Å². The second kappa shape index (κ2) is 35.2. The van der Waals surface area contributed by atoms with Gasteiger partial charge in [0.25, 0.3) is 53.1 Å². The van der Waals surface area contributed by atoms with Crippen LogP contribution in [0.25, 0.3) is 50.1 Å². The van der Waals surface area contributed by atoms with Crippen molar-refractivity contribution in [1.29, 1.82) is 0 Å². The molecule has 22 rings (SSSR count). The number of pyridine rings is 2. The summed E-state index contributed by atoms with van der Waals surface area (Å²) in [5.74, 6) is -0.385. The predicted octanol–water partition coefficient (Wildman–Crippen LogP) is 6.44. The van der Waals surface area contributed by atoms with Gasteiger partial charge in [0.15, 0.2) is 16.6 Å². The third-order valence-electron chi connectivity index (χ3n) is 25.8. The van der Waals surface area contributed by atoms with Crippen LogP contribution >= 0.6 is 0 Å². The van der Waals surface area contributed by atoms with Crippen molar-refractivity contribution in [1.82, 2.24) is 107 Å². The topological polar surface area (TPSA) is 560 Å². The number of benzene rings is 5. The molecule has 9 aliphatic heterocycles. The van der Waals surface area contributed by atoms with Crippen molar-refractivity contribution in [3.8, 4) is 40.0 Å². The maximum atomic E-state index is 13.3. The van der Waals surface area contributed by atoms with Crippen LogP contribution < -0.4 is 76.9 Å².